The summed E-state index contributed by atoms with van der Waals surface area (Å²) in [5.74, 6) is 1.21. The lowest BCUT2D eigenvalue weighted by Gasteiger charge is -2.33. The molecule has 2 N–H and O–H groups in total. The first kappa shape index (κ1) is 14.3. The Bertz CT molecular complexity index is 535. The van der Waals surface area contributed by atoms with Gasteiger partial charge in [0.25, 0.3) is 0 Å². The number of nitrogen functional groups attached to an aromatic ring is 1. The number of hydrogen-bond donors (Lipinski definition) is 1. The molecular formula is C13H21N3O2S. The van der Waals surface area contributed by atoms with Gasteiger partial charge in [-0.05, 0) is 30.7 Å². The van der Waals surface area contributed by atoms with Crippen LogP contribution in [0.5, 0.6) is 0 Å². The van der Waals surface area contributed by atoms with Gasteiger partial charge in [0.1, 0.15) is 4.90 Å². The summed E-state index contributed by atoms with van der Waals surface area (Å²) < 4.78 is 26.5. The molecule has 106 valence electrons. The highest BCUT2D eigenvalue weighted by atomic mass is 32.2. The molecule has 0 unspecified atom stereocenters. The van der Waals surface area contributed by atoms with Gasteiger partial charge in [0, 0.05) is 25.5 Å². The Morgan fingerprint density at radius 2 is 2.00 bits per heavy atom. The van der Waals surface area contributed by atoms with E-state index >= 15 is 0 Å². The van der Waals surface area contributed by atoms with Gasteiger partial charge < -0.3 is 5.73 Å². The van der Waals surface area contributed by atoms with Crippen LogP contribution in [0.15, 0.2) is 23.4 Å². The van der Waals surface area contributed by atoms with Crippen LogP contribution in [0.25, 0.3) is 0 Å². The average molecular weight is 283 g/mol. The lowest BCUT2D eigenvalue weighted by molar-refractivity contribution is 0.226. The number of piperidine rings is 1. The number of hydrogen-bond acceptors (Lipinski definition) is 4. The van der Waals surface area contributed by atoms with Gasteiger partial charge in [0.2, 0.25) is 10.0 Å². The molecule has 0 saturated carbocycles. The van der Waals surface area contributed by atoms with E-state index in [-0.39, 0.29) is 10.6 Å². The molecule has 5 nitrogen and oxygen atoms in total. The van der Waals surface area contributed by atoms with Gasteiger partial charge in [-0.15, -0.1) is 0 Å². The maximum Gasteiger partial charge on any atom is 0.246 e. The molecule has 2 rings (SSSR count). The van der Waals surface area contributed by atoms with Crippen LogP contribution in [0.4, 0.5) is 5.69 Å². The molecular weight excluding hydrogens is 262 g/mol. The summed E-state index contributed by atoms with van der Waals surface area (Å²) in [6.07, 6.45) is 4.66. The van der Waals surface area contributed by atoms with Gasteiger partial charge in [0.05, 0.1) is 5.69 Å². The van der Waals surface area contributed by atoms with Gasteiger partial charge >= 0.3 is 0 Å². The molecule has 2 heterocycles. The van der Waals surface area contributed by atoms with E-state index in [1.165, 1.54) is 22.8 Å². The Hall–Kier alpha value is -1.14. The minimum atomic E-state index is -3.50. The molecule has 0 bridgehead atoms. The van der Waals surface area contributed by atoms with E-state index in [1.54, 1.807) is 0 Å². The smallest absolute Gasteiger partial charge is 0.246 e. The van der Waals surface area contributed by atoms with Crippen molar-refractivity contribution in [1.82, 2.24) is 9.29 Å². The van der Waals surface area contributed by atoms with E-state index in [0.29, 0.717) is 24.9 Å². The third-order valence-electron chi connectivity index (χ3n) is 3.88. The van der Waals surface area contributed by atoms with E-state index in [0.717, 1.165) is 12.8 Å². The minimum absolute atomic E-state index is 0.123. The topological polar surface area (TPSA) is 76.3 Å². The summed E-state index contributed by atoms with van der Waals surface area (Å²) in [5.41, 5.74) is 6.01. The molecule has 1 aliphatic heterocycles. The van der Waals surface area contributed by atoms with Crippen molar-refractivity contribution in [3.8, 4) is 0 Å². The summed E-state index contributed by atoms with van der Waals surface area (Å²) >= 11 is 0. The molecule has 1 saturated heterocycles. The fourth-order valence-corrected chi connectivity index (χ4v) is 4.06. The minimum Gasteiger partial charge on any atom is -0.398 e. The van der Waals surface area contributed by atoms with Crippen molar-refractivity contribution < 1.29 is 8.42 Å². The molecule has 0 amide bonds. The summed E-state index contributed by atoms with van der Waals surface area (Å²) in [6.45, 7) is 5.51. The van der Waals surface area contributed by atoms with E-state index < -0.39 is 10.0 Å². The number of pyridine rings is 1. The van der Waals surface area contributed by atoms with E-state index in [2.05, 4.69) is 18.8 Å². The van der Waals surface area contributed by atoms with Crippen molar-refractivity contribution in [3.05, 3.63) is 18.5 Å². The van der Waals surface area contributed by atoms with Crippen LogP contribution in [0.1, 0.15) is 26.7 Å². The van der Waals surface area contributed by atoms with Gasteiger partial charge in [0.15, 0.2) is 0 Å². The fourth-order valence-electron chi connectivity index (χ4n) is 2.53. The van der Waals surface area contributed by atoms with Crippen molar-refractivity contribution in [3.63, 3.8) is 0 Å². The van der Waals surface area contributed by atoms with Crippen molar-refractivity contribution in [2.45, 2.75) is 31.6 Å². The maximum absolute atomic E-state index is 12.5. The Morgan fingerprint density at radius 3 is 2.53 bits per heavy atom. The van der Waals surface area contributed by atoms with Crippen LogP contribution >= 0.6 is 0 Å². The SMILES string of the molecule is CC(C)C1CCN(S(=O)(=O)c2cnccc2N)CC1. The van der Waals surface area contributed by atoms with E-state index in [9.17, 15) is 8.42 Å². The molecule has 0 aliphatic carbocycles. The van der Waals surface area contributed by atoms with Crippen LogP contribution in [0, 0.1) is 11.8 Å². The number of nitrogens with two attached hydrogens (primary N) is 1. The first-order chi connectivity index (χ1) is 8.93. The van der Waals surface area contributed by atoms with Gasteiger partial charge in [-0.2, -0.15) is 4.31 Å². The monoisotopic (exact) mass is 283 g/mol. The molecule has 1 aromatic rings. The van der Waals surface area contributed by atoms with Gasteiger partial charge in [-0.25, -0.2) is 8.42 Å². The Labute approximate surface area is 114 Å². The summed E-state index contributed by atoms with van der Waals surface area (Å²) in [4.78, 5) is 3.99. The molecule has 1 fully saturated rings. The second-order valence-electron chi connectivity index (χ2n) is 5.40. The van der Waals surface area contributed by atoms with Crippen molar-refractivity contribution in [1.29, 1.82) is 0 Å². The highest BCUT2D eigenvalue weighted by molar-refractivity contribution is 7.89. The zero-order valence-electron chi connectivity index (χ0n) is 11.4. The van der Waals surface area contributed by atoms with Crippen LogP contribution in [-0.2, 0) is 10.0 Å². The molecule has 6 heteroatoms. The summed E-state index contributed by atoms with van der Waals surface area (Å²) in [7, 11) is -3.50. The first-order valence-electron chi connectivity index (χ1n) is 6.62. The van der Waals surface area contributed by atoms with Crippen LogP contribution < -0.4 is 5.73 Å². The van der Waals surface area contributed by atoms with Crippen molar-refractivity contribution >= 4 is 15.7 Å². The Balaban J connectivity index is 2.17. The van der Waals surface area contributed by atoms with Crippen LogP contribution in [-0.4, -0.2) is 30.8 Å². The lowest BCUT2D eigenvalue weighted by atomic mass is 9.87. The number of sulfonamides is 1. The maximum atomic E-state index is 12.5. The third-order valence-corrected chi connectivity index (χ3v) is 5.82. The predicted molar refractivity (Wildman–Crippen MR) is 75.0 cm³/mol. The first-order valence-corrected chi connectivity index (χ1v) is 8.06. The van der Waals surface area contributed by atoms with E-state index in [4.69, 9.17) is 5.73 Å². The number of anilines is 1. The van der Waals surface area contributed by atoms with Gasteiger partial charge in [-0.3, -0.25) is 4.98 Å². The standard InChI is InChI=1S/C13H21N3O2S/c1-10(2)11-4-7-16(8-5-11)19(17,18)13-9-15-6-3-12(13)14/h3,6,9-11H,4-5,7-8H2,1-2H3,(H2,14,15). The largest absolute Gasteiger partial charge is 0.398 e. The normalized spacial score (nSPS) is 18.9. The molecule has 0 spiro atoms. The van der Waals surface area contributed by atoms with Crippen molar-refractivity contribution in [2.24, 2.45) is 11.8 Å². The zero-order valence-corrected chi connectivity index (χ0v) is 12.2. The number of aromatic nitrogens is 1. The third kappa shape index (κ3) is 2.90. The van der Waals surface area contributed by atoms with Crippen LogP contribution in [0.3, 0.4) is 0 Å². The molecule has 1 aromatic heterocycles. The van der Waals surface area contributed by atoms with Crippen LogP contribution in [0.2, 0.25) is 0 Å². The highest BCUT2D eigenvalue weighted by Crippen LogP contribution is 2.29. The van der Waals surface area contributed by atoms with E-state index in [1.807, 2.05) is 0 Å². The number of rotatable bonds is 3. The lowest BCUT2D eigenvalue weighted by Crippen LogP contribution is -2.39. The molecule has 19 heavy (non-hydrogen) atoms. The summed E-state index contributed by atoms with van der Waals surface area (Å²) in [6, 6.07) is 1.52. The highest BCUT2D eigenvalue weighted by Gasteiger charge is 2.31. The average Bonchev–Trinajstić information content (AvgIpc) is 2.39. The molecule has 1 aliphatic rings. The Kier molecular flexibility index (Phi) is 4.10. The molecule has 0 aromatic carbocycles. The zero-order chi connectivity index (χ0) is 14.0. The number of nitrogens with zero attached hydrogens (tertiary/aromatic N) is 2. The molecule has 0 radical (unpaired) electrons. The second kappa shape index (κ2) is 5.46. The summed E-state index contributed by atoms with van der Waals surface area (Å²) in [5, 5.41) is 0. The fraction of sp³-hybridized carbons (Fsp3) is 0.615. The predicted octanol–water partition coefficient (Wildman–Crippen LogP) is 1.72. The Morgan fingerprint density at radius 1 is 1.37 bits per heavy atom. The quantitative estimate of drug-likeness (QED) is 0.916. The second-order valence-corrected chi connectivity index (χ2v) is 7.31. The van der Waals surface area contributed by atoms with Gasteiger partial charge in [-0.1, -0.05) is 13.8 Å². The molecule has 0 atom stereocenters. The van der Waals surface area contributed by atoms with Crippen molar-refractivity contribution in [2.75, 3.05) is 18.8 Å².